The number of amides is 1. The fourth-order valence-electron chi connectivity index (χ4n) is 2.41. The van der Waals surface area contributed by atoms with E-state index in [2.05, 4.69) is 0 Å². The summed E-state index contributed by atoms with van der Waals surface area (Å²) < 4.78 is 10.7. The Morgan fingerprint density at radius 2 is 2.39 bits per heavy atom. The van der Waals surface area contributed by atoms with Gasteiger partial charge in [-0.25, -0.2) is 0 Å². The first-order valence-electron chi connectivity index (χ1n) is 6.26. The smallest absolute Gasteiger partial charge is 0.289 e. The Kier molecular flexibility index (Phi) is 4.04. The highest BCUT2D eigenvalue weighted by Gasteiger charge is 2.32. The third kappa shape index (κ3) is 2.57. The fourth-order valence-corrected chi connectivity index (χ4v) is 2.41. The zero-order valence-electron chi connectivity index (χ0n) is 10.9. The minimum atomic E-state index is -0.0758. The van der Waals surface area contributed by atoms with Gasteiger partial charge in [0.2, 0.25) is 0 Å². The largest absolute Gasteiger partial charge is 0.456 e. The van der Waals surface area contributed by atoms with Gasteiger partial charge < -0.3 is 19.8 Å². The molecule has 1 fully saturated rings. The second-order valence-electron chi connectivity index (χ2n) is 4.68. The van der Waals surface area contributed by atoms with Crippen LogP contribution >= 0.6 is 0 Å². The summed E-state index contributed by atoms with van der Waals surface area (Å²) in [6.07, 6.45) is 1.83. The third-order valence-electron chi connectivity index (χ3n) is 3.49. The van der Waals surface area contributed by atoms with Gasteiger partial charge in [0.25, 0.3) is 5.91 Å². The molecule has 2 rings (SSSR count). The van der Waals surface area contributed by atoms with Crippen molar-refractivity contribution in [3.8, 4) is 0 Å². The van der Waals surface area contributed by atoms with Crippen molar-refractivity contribution < 1.29 is 13.9 Å². The van der Waals surface area contributed by atoms with Crippen LogP contribution in [-0.4, -0.2) is 43.2 Å². The molecule has 1 aromatic rings. The van der Waals surface area contributed by atoms with E-state index in [0.29, 0.717) is 18.8 Å². The Morgan fingerprint density at radius 1 is 1.61 bits per heavy atom. The molecule has 100 valence electrons. The van der Waals surface area contributed by atoms with Gasteiger partial charge in [0, 0.05) is 26.2 Å². The van der Waals surface area contributed by atoms with Crippen LogP contribution in [0.3, 0.4) is 0 Å². The summed E-state index contributed by atoms with van der Waals surface area (Å²) in [6.45, 7) is 2.94. The second kappa shape index (κ2) is 5.54. The summed E-state index contributed by atoms with van der Waals surface area (Å²) in [5.41, 5.74) is 5.75. The molecule has 5 heteroatoms. The number of likely N-dealkylation sites (tertiary alicyclic amines) is 1. The van der Waals surface area contributed by atoms with Gasteiger partial charge in [0.1, 0.15) is 5.76 Å². The lowest BCUT2D eigenvalue weighted by Gasteiger charge is -2.37. The molecular formula is C13H20N2O3. The zero-order valence-corrected chi connectivity index (χ0v) is 10.9. The van der Waals surface area contributed by atoms with Gasteiger partial charge >= 0.3 is 0 Å². The van der Waals surface area contributed by atoms with Crippen molar-refractivity contribution in [3.63, 3.8) is 0 Å². The molecule has 5 nitrogen and oxygen atoms in total. The summed E-state index contributed by atoms with van der Waals surface area (Å²) in [4.78, 5) is 14.1. The van der Waals surface area contributed by atoms with Gasteiger partial charge in [-0.2, -0.15) is 0 Å². The highest BCUT2D eigenvalue weighted by atomic mass is 16.5. The average Bonchev–Trinajstić information content (AvgIpc) is 2.83. The Balaban J connectivity index is 2.10. The normalized spacial score (nSPS) is 24.3. The maximum atomic E-state index is 12.3. The van der Waals surface area contributed by atoms with E-state index in [0.717, 1.165) is 18.6 Å². The van der Waals surface area contributed by atoms with Crippen LogP contribution in [0.1, 0.15) is 29.2 Å². The molecule has 1 saturated heterocycles. The summed E-state index contributed by atoms with van der Waals surface area (Å²) >= 11 is 0. The van der Waals surface area contributed by atoms with Crippen LogP contribution in [0.4, 0.5) is 0 Å². The van der Waals surface area contributed by atoms with Gasteiger partial charge in [-0.15, -0.1) is 0 Å². The molecule has 2 unspecified atom stereocenters. The number of furan rings is 1. The first-order chi connectivity index (χ1) is 8.65. The van der Waals surface area contributed by atoms with Gasteiger partial charge in [-0.05, 0) is 31.9 Å². The average molecular weight is 252 g/mol. The summed E-state index contributed by atoms with van der Waals surface area (Å²) in [6, 6.07) is 3.54. The minimum Gasteiger partial charge on any atom is -0.456 e. The number of ether oxygens (including phenoxy) is 1. The lowest BCUT2D eigenvalue weighted by molar-refractivity contribution is 0.0124. The molecule has 0 aliphatic carbocycles. The highest BCUT2D eigenvalue weighted by Crippen LogP contribution is 2.22. The molecule has 0 radical (unpaired) electrons. The molecule has 2 N–H and O–H groups in total. The number of hydrogen-bond acceptors (Lipinski definition) is 4. The van der Waals surface area contributed by atoms with E-state index in [1.807, 2.05) is 6.92 Å². The summed E-state index contributed by atoms with van der Waals surface area (Å²) in [5.74, 6) is 1.06. The SMILES string of the molecule is COC1CCN(C(=O)c2ccc(C)o2)C(CN)C1. The highest BCUT2D eigenvalue weighted by molar-refractivity contribution is 5.91. The standard InChI is InChI=1S/C13H20N2O3/c1-9-3-4-12(18-9)13(16)15-6-5-11(17-2)7-10(15)8-14/h3-4,10-11H,5-8,14H2,1-2H3. The van der Waals surface area contributed by atoms with Crippen molar-refractivity contribution in [1.82, 2.24) is 4.90 Å². The van der Waals surface area contributed by atoms with Crippen molar-refractivity contribution in [3.05, 3.63) is 23.7 Å². The lowest BCUT2D eigenvalue weighted by atomic mass is 9.99. The number of hydrogen-bond donors (Lipinski definition) is 1. The van der Waals surface area contributed by atoms with E-state index in [9.17, 15) is 4.79 Å². The van der Waals surface area contributed by atoms with Gasteiger partial charge in [0.15, 0.2) is 5.76 Å². The number of carbonyl (C=O) groups is 1. The molecule has 1 amide bonds. The number of nitrogens with zero attached hydrogens (tertiary/aromatic N) is 1. The molecule has 18 heavy (non-hydrogen) atoms. The molecule has 0 saturated carbocycles. The maximum absolute atomic E-state index is 12.3. The van der Waals surface area contributed by atoms with Crippen LogP contribution < -0.4 is 5.73 Å². The molecule has 1 aliphatic heterocycles. The summed E-state index contributed by atoms with van der Waals surface area (Å²) in [7, 11) is 1.70. The van der Waals surface area contributed by atoms with Crippen molar-refractivity contribution in [2.24, 2.45) is 5.73 Å². The molecule has 1 aromatic heterocycles. The number of carbonyl (C=O) groups excluding carboxylic acids is 1. The van der Waals surface area contributed by atoms with Crippen molar-refractivity contribution in [2.75, 3.05) is 20.2 Å². The van der Waals surface area contributed by atoms with E-state index in [1.165, 1.54) is 0 Å². The number of aryl methyl sites for hydroxylation is 1. The first kappa shape index (κ1) is 13.1. The summed E-state index contributed by atoms with van der Waals surface area (Å²) in [5, 5.41) is 0. The molecule has 2 atom stereocenters. The van der Waals surface area contributed by atoms with Gasteiger partial charge in [-0.1, -0.05) is 0 Å². The first-order valence-corrected chi connectivity index (χ1v) is 6.26. The van der Waals surface area contributed by atoms with E-state index in [-0.39, 0.29) is 18.1 Å². The maximum Gasteiger partial charge on any atom is 0.289 e. The zero-order chi connectivity index (χ0) is 13.1. The van der Waals surface area contributed by atoms with Gasteiger partial charge in [0.05, 0.1) is 6.10 Å². The molecular weight excluding hydrogens is 232 g/mol. The number of piperidine rings is 1. The monoisotopic (exact) mass is 252 g/mol. The molecule has 0 spiro atoms. The van der Waals surface area contributed by atoms with Crippen LogP contribution in [-0.2, 0) is 4.74 Å². The Morgan fingerprint density at radius 3 is 2.94 bits per heavy atom. The number of methoxy groups -OCH3 is 1. The predicted octanol–water partition coefficient (Wildman–Crippen LogP) is 1.17. The van der Waals surface area contributed by atoms with Crippen molar-refractivity contribution >= 4 is 5.91 Å². The molecule has 0 bridgehead atoms. The number of nitrogens with two attached hydrogens (primary N) is 1. The molecule has 0 aromatic carbocycles. The predicted molar refractivity (Wildman–Crippen MR) is 67.4 cm³/mol. The lowest BCUT2D eigenvalue weighted by Crippen LogP contribution is -2.51. The van der Waals surface area contributed by atoms with Crippen molar-refractivity contribution in [2.45, 2.75) is 31.9 Å². The Labute approximate surface area is 107 Å². The van der Waals surface area contributed by atoms with E-state index in [4.69, 9.17) is 14.9 Å². The molecule has 2 heterocycles. The van der Waals surface area contributed by atoms with Crippen LogP contribution in [0.2, 0.25) is 0 Å². The fraction of sp³-hybridized carbons (Fsp3) is 0.615. The number of rotatable bonds is 3. The van der Waals surface area contributed by atoms with Gasteiger partial charge in [-0.3, -0.25) is 4.79 Å². The van der Waals surface area contributed by atoms with Crippen LogP contribution in [0.15, 0.2) is 16.5 Å². The van der Waals surface area contributed by atoms with E-state index in [1.54, 1.807) is 24.1 Å². The third-order valence-corrected chi connectivity index (χ3v) is 3.49. The topological polar surface area (TPSA) is 68.7 Å². The quantitative estimate of drug-likeness (QED) is 0.876. The van der Waals surface area contributed by atoms with Crippen LogP contribution in [0.5, 0.6) is 0 Å². The van der Waals surface area contributed by atoms with Crippen LogP contribution in [0, 0.1) is 6.92 Å². The Bertz CT molecular complexity index is 416. The van der Waals surface area contributed by atoms with Crippen molar-refractivity contribution in [1.29, 1.82) is 0 Å². The van der Waals surface area contributed by atoms with E-state index < -0.39 is 0 Å². The molecule has 1 aliphatic rings. The second-order valence-corrected chi connectivity index (χ2v) is 4.68. The minimum absolute atomic E-state index is 0.0293. The van der Waals surface area contributed by atoms with E-state index >= 15 is 0 Å². The Hall–Kier alpha value is -1.33. The van der Waals surface area contributed by atoms with Crippen LogP contribution in [0.25, 0.3) is 0 Å².